The minimum absolute atomic E-state index is 0.0453. The van der Waals surface area contributed by atoms with Crippen LogP contribution in [0.5, 0.6) is 5.75 Å². The molecule has 1 aliphatic rings. The van der Waals surface area contributed by atoms with Crippen molar-refractivity contribution in [3.63, 3.8) is 0 Å². The van der Waals surface area contributed by atoms with E-state index in [-0.39, 0.29) is 23.3 Å². The zero-order valence-electron chi connectivity index (χ0n) is 21.2. The lowest BCUT2D eigenvalue weighted by atomic mass is 9.85. The Kier molecular flexibility index (Phi) is 7.25. The molecule has 0 aliphatic carbocycles. The van der Waals surface area contributed by atoms with Crippen molar-refractivity contribution >= 4 is 17.4 Å². The molecule has 1 aliphatic heterocycles. The van der Waals surface area contributed by atoms with E-state index in [2.05, 4.69) is 25.8 Å². The van der Waals surface area contributed by atoms with Gasteiger partial charge in [-0.1, -0.05) is 64.1 Å². The number of carbonyl (C=O) groups excluding carboxylic acids is 2. The maximum absolute atomic E-state index is 13.3. The van der Waals surface area contributed by atoms with Gasteiger partial charge in [-0.2, -0.15) is 0 Å². The van der Waals surface area contributed by atoms with Gasteiger partial charge in [-0.3, -0.25) is 14.6 Å². The van der Waals surface area contributed by atoms with E-state index < -0.39 is 17.7 Å². The Morgan fingerprint density at radius 1 is 1.03 bits per heavy atom. The Hall–Kier alpha value is -3.93. The van der Waals surface area contributed by atoms with E-state index in [9.17, 15) is 14.7 Å². The predicted octanol–water partition coefficient (Wildman–Crippen LogP) is 5.79. The number of hydrogen-bond acceptors (Lipinski definition) is 5. The van der Waals surface area contributed by atoms with Gasteiger partial charge in [0.05, 0.1) is 18.2 Å². The number of aromatic nitrogens is 1. The zero-order chi connectivity index (χ0) is 25.9. The van der Waals surface area contributed by atoms with E-state index >= 15 is 0 Å². The Balaban J connectivity index is 1.82. The van der Waals surface area contributed by atoms with Crippen LogP contribution < -0.4 is 4.74 Å². The van der Waals surface area contributed by atoms with Crippen molar-refractivity contribution in [2.45, 2.75) is 52.1 Å². The molecule has 1 unspecified atom stereocenters. The summed E-state index contributed by atoms with van der Waals surface area (Å²) in [6.07, 6.45) is 4.16. The van der Waals surface area contributed by atoms with Crippen LogP contribution in [0.1, 0.15) is 62.4 Å². The second-order valence-corrected chi connectivity index (χ2v) is 10.0. The molecule has 186 valence electrons. The van der Waals surface area contributed by atoms with Gasteiger partial charge < -0.3 is 14.7 Å². The number of nitrogens with zero attached hydrogens (tertiary/aromatic N) is 2. The molecule has 1 atom stereocenters. The lowest BCUT2D eigenvalue weighted by Crippen LogP contribution is -2.29. The third-order valence-corrected chi connectivity index (χ3v) is 6.32. The third-order valence-electron chi connectivity index (χ3n) is 6.32. The van der Waals surface area contributed by atoms with Gasteiger partial charge in [0.25, 0.3) is 11.7 Å². The number of likely N-dealkylation sites (tertiary alicyclic amines) is 1. The number of ether oxygens (including phenoxy) is 1. The number of benzene rings is 2. The van der Waals surface area contributed by atoms with Crippen LogP contribution in [0.3, 0.4) is 0 Å². The molecule has 2 heterocycles. The largest absolute Gasteiger partial charge is 0.507 e. The number of ketones is 1. The molecular formula is C30H32N2O4. The highest BCUT2D eigenvalue weighted by atomic mass is 16.5. The number of carbonyl (C=O) groups is 2. The number of aliphatic hydroxyl groups is 1. The second-order valence-electron chi connectivity index (χ2n) is 10.0. The summed E-state index contributed by atoms with van der Waals surface area (Å²) >= 11 is 0. The van der Waals surface area contributed by atoms with Gasteiger partial charge in [0, 0.05) is 24.5 Å². The number of Topliss-reactive ketones (excluding diaryl/α,β-unsaturated/α-hetero) is 1. The first kappa shape index (κ1) is 25.2. The fraction of sp³-hybridized carbons (Fsp3) is 0.300. The monoisotopic (exact) mass is 484 g/mol. The van der Waals surface area contributed by atoms with E-state index in [1.807, 2.05) is 43.3 Å². The van der Waals surface area contributed by atoms with Crippen molar-refractivity contribution in [2.75, 3.05) is 6.61 Å². The lowest BCUT2D eigenvalue weighted by molar-refractivity contribution is -0.140. The Morgan fingerprint density at radius 3 is 2.36 bits per heavy atom. The molecule has 6 nitrogen and oxygen atoms in total. The quantitative estimate of drug-likeness (QED) is 0.261. The van der Waals surface area contributed by atoms with Gasteiger partial charge in [0.1, 0.15) is 11.5 Å². The summed E-state index contributed by atoms with van der Waals surface area (Å²) in [7, 11) is 0. The van der Waals surface area contributed by atoms with Crippen LogP contribution in [-0.4, -0.2) is 33.3 Å². The molecule has 1 aromatic heterocycles. The highest BCUT2D eigenvalue weighted by Crippen LogP contribution is 2.41. The van der Waals surface area contributed by atoms with Crippen LogP contribution in [-0.2, 0) is 21.5 Å². The molecular weight excluding hydrogens is 452 g/mol. The van der Waals surface area contributed by atoms with Crippen molar-refractivity contribution in [3.8, 4) is 5.75 Å². The number of aliphatic hydroxyl groups excluding tert-OH is 1. The van der Waals surface area contributed by atoms with Crippen LogP contribution in [0.15, 0.2) is 78.6 Å². The minimum atomic E-state index is -0.729. The van der Waals surface area contributed by atoms with Crippen molar-refractivity contribution in [1.29, 1.82) is 0 Å². The van der Waals surface area contributed by atoms with E-state index in [4.69, 9.17) is 4.74 Å². The molecule has 4 rings (SSSR count). The summed E-state index contributed by atoms with van der Waals surface area (Å²) in [4.78, 5) is 32.2. The van der Waals surface area contributed by atoms with Crippen molar-refractivity contribution < 1.29 is 19.4 Å². The molecule has 1 fully saturated rings. The SMILES string of the molecule is CCCOc1cccc(C(O)=C2C(=O)C(=O)N(Cc3ccncc3)C2c2ccc(C(C)(C)C)cc2)c1. The maximum atomic E-state index is 13.3. The average Bonchev–Trinajstić information content (AvgIpc) is 3.12. The lowest BCUT2D eigenvalue weighted by Gasteiger charge is -2.26. The first-order valence-corrected chi connectivity index (χ1v) is 12.2. The molecule has 0 spiro atoms. The van der Waals surface area contributed by atoms with Gasteiger partial charge in [-0.25, -0.2) is 0 Å². The molecule has 1 amide bonds. The molecule has 1 saturated heterocycles. The van der Waals surface area contributed by atoms with E-state index in [0.29, 0.717) is 17.9 Å². The zero-order valence-corrected chi connectivity index (χ0v) is 21.2. The summed E-state index contributed by atoms with van der Waals surface area (Å²) in [5, 5.41) is 11.4. The normalized spacial score (nSPS) is 17.4. The van der Waals surface area contributed by atoms with E-state index in [1.54, 1.807) is 36.7 Å². The second kappa shape index (κ2) is 10.4. The summed E-state index contributed by atoms with van der Waals surface area (Å²) < 4.78 is 5.71. The fourth-order valence-corrected chi connectivity index (χ4v) is 4.35. The van der Waals surface area contributed by atoms with Gasteiger partial charge in [-0.15, -0.1) is 0 Å². The van der Waals surface area contributed by atoms with Crippen LogP contribution >= 0.6 is 0 Å². The highest BCUT2D eigenvalue weighted by molar-refractivity contribution is 6.46. The molecule has 6 heteroatoms. The number of amides is 1. The molecule has 2 aromatic carbocycles. The third kappa shape index (κ3) is 5.18. The van der Waals surface area contributed by atoms with Crippen molar-refractivity contribution in [3.05, 3.63) is 101 Å². The van der Waals surface area contributed by atoms with Crippen LogP contribution in [0.4, 0.5) is 0 Å². The first-order valence-electron chi connectivity index (χ1n) is 12.2. The number of pyridine rings is 1. The summed E-state index contributed by atoms with van der Waals surface area (Å²) in [6, 6.07) is 17.8. The van der Waals surface area contributed by atoms with E-state index in [1.165, 1.54) is 4.90 Å². The van der Waals surface area contributed by atoms with Crippen molar-refractivity contribution in [1.82, 2.24) is 9.88 Å². The molecule has 36 heavy (non-hydrogen) atoms. The molecule has 1 N–H and O–H groups in total. The van der Waals surface area contributed by atoms with Crippen LogP contribution in [0.25, 0.3) is 5.76 Å². The molecule has 0 saturated carbocycles. The predicted molar refractivity (Wildman–Crippen MR) is 139 cm³/mol. The van der Waals surface area contributed by atoms with Crippen LogP contribution in [0, 0.1) is 0 Å². The molecule has 3 aromatic rings. The Labute approximate surface area is 212 Å². The summed E-state index contributed by atoms with van der Waals surface area (Å²) in [6.45, 7) is 9.16. The Morgan fingerprint density at radius 2 is 1.72 bits per heavy atom. The minimum Gasteiger partial charge on any atom is -0.507 e. The van der Waals surface area contributed by atoms with Gasteiger partial charge in [0.15, 0.2) is 0 Å². The summed E-state index contributed by atoms with van der Waals surface area (Å²) in [5.74, 6) is -0.960. The molecule has 0 radical (unpaired) electrons. The fourth-order valence-electron chi connectivity index (χ4n) is 4.35. The number of rotatable bonds is 7. The number of hydrogen-bond donors (Lipinski definition) is 1. The standard InChI is InChI=1S/C30H32N2O4/c1-5-17-36-24-8-6-7-22(18-24)27(33)25-26(21-9-11-23(12-10-21)30(2,3)4)32(29(35)28(25)34)19-20-13-15-31-16-14-20/h6-16,18,26,33H,5,17,19H2,1-4H3. The smallest absolute Gasteiger partial charge is 0.295 e. The maximum Gasteiger partial charge on any atom is 0.295 e. The van der Waals surface area contributed by atoms with Crippen molar-refractivity contribution in [2.24, 2.45) is 0 Å². The first-order chi connectivity index (χ1) is 17.2. The average molecular weight is 485 g/mol. The topological polar surface area (TPSA) is 79.7 Å². The summed E-state index contributed by atoms with van der Waals surface area (Å²) in [5.41, 5.74) is 3.20. The van der Waals surface area contributed by atoms with Gasteiger partial charge in [0.2, 0.25) is 0 Å². The highest BCUT2D eigenvalue weighted by Gasteiger charge is 2.46. The van der Waals surface area contributed by atoms with E-state index in [0.717, 1.165) is 23.1 Å². The van der Waals surface area contributed by atoms with Gasteiger partial charge in [-0.05, 0) is 52.8 Å². The molecule has 0 bridgehead atoms. The van der Waals surface area contributed by atoms with Gasteiger partial charge >= 0.3 is 0 Å². The Bertz CT molecular complexity index is 1270. The van der Waals surface area contributed by atoms with Crippen LogP contribution in [0.2, 0.25) is 0 Å².